The molecule has 0 saturated heterocycles. The van der Waals surface area contributed by atoms with Crippen molar-refractivity contribution in [2.24, 2.45) is 0 Å². The summed E-state index contributed by atoms with van der Waals surface area (Å²) in [6.45, 7) is 1.77. The lowest BCUT2D eigenvalue weighted by molar-refractivity contribution is -0.389. The molecule has 1 aromatic carbocycles. The number of ether oxygens (including phenoxy) is 1. The molecule has 0 fully saturated rings. The SMILES string of the molecule is O=C(CN1CCOc2nc([N+](=O)[O-])cn2CC1)NCCc1cccc(C(F)(F)F)c1. The van der Waals surface area contributed by atoms with E-state index in [0.717, 1.165) is 12.1 Å². The highest BCUT2D eigenvalue weighted by molar-refractivity contribution is 5.78. The van der Waals surface area contributed by atoms with Gasteiger partial charge in [0.05, 0.1) is 12.1 Å². The topological polar surface area (TPSA) is 103 Å². The predicted octanol–water partition coefficient (Wildman–Crippen LogP) is 1.86. The third-order valence-corrected chi connectivity index (χ3v) is 4.57. The van der Waals surface area contributed by atoms with Crippen LogP contribution in [-0.4, -0.2) is 58.1 Å². The van der Waals surface area contributed by atoms with Crippen LogP contribution in [0.15, 0.2) is 30.5 Å². The maximum Gasteiger partial charge on any atom is 0.416 e. The molecule has 12 heteroatoms. The Bertz CT molecular complexity index is 915. The molecule has 1 aliphatic rings. The van der Waals surface area contributed by atoms with Gasteiger partial charge in [-0.1, -0.05) is 18.2 Å². The zero-order valence-electron chi connectivity index (χ0n) is 15.9. The van der Waals surface area contributed by atoms with E-state index < -0.39 is 16.7 Å². The van der Waals surface area contributed by atoms with E-state index in [4.69, 9.17) is 4.74 Å². The minimum Gasteiger partial charge on any atom is -0.444 e. The highest BCUT2D eigenvalue weighted by atomic mass is 19.4. The molecule has 1 aromatic heterocycles. The normalized spacial score (nSPS) is 14.9. The van der Waals surface area contributed by atoms with E-state index in [0.29, 0.717) is 25.2 Å². The Morgan fingerprint density at radius 1 is 1.30 bits per heavy atom. The van der Waals surface area contributed by atoms with Crippen LogP contribution >= 0.6 is 0 Å². The van der Waals surface area contributed by atoms with E-state index >= 15 is 0 Å². The number of nitrogens with zero attached hydrogens (tertiary/aromatic N) is 4. The summed E-state index contributed by atoms with van der Waals surface area (Å²) in [5, 5.41) is 13.5. The lowest BCUT2D eigenvalue weighted by Gasteiger charge is -2.23. The second-order valence-electron chi connectivity index (χ2n) is 6.75. The molecule has 1 amide bonds. The summed E-state index contributed by atoms with van der Waals surface area (Å²) in [7, 11) is 0. The maximum atomic E-state index is 12.7. The molecule has 1 aliphatic heterocycles. The minimum atomic E-state index is -4.40. The smallest absolute Gasteiger partial charge is 0.416 e. The molecule has 1 N–H and O–H groups in total. The Hall–Kier alpha value is -3.15. The second-order valence-corrected chi connectivity index (χ2v) is 6.75. The first-order valence-corrected chi connectivity index (χ1v) is 9.22. The number of aromatic nitrogens is 2. The summed E-state index contributed by atoms with van der Waals surface area (Å²) in [6, 6.07) is 5.18. The van der Waals surface area contributed by atoms with E-state index in [1.807, 2.05) is 4.90 Å². The lowest BCUT2D eigenvalue weighted by atomic mass is 10.1. The van der Waals surface area contributed by atoms with Crippen molar-refractivity contribution in [3.05, 3.63) is 51.7 Å². The average molecular weight is 427 g/mol. The van der Waals surface area contributed by atoms with E-state index in [-0.39, 0.29) is 43.9 Å². The second kappa shape index (κ2) is 9.11. The summed E-state index contributed by atoms with van der Waals surface area (Å²) >= 11 is 0. The number of nitro groups is 1. The number of benzene rings is 1. The van der Waals surface area contributed by atoms with Crippen LogP contribution in [0.5, 0.6) is 6.01 Å². The van der Waals surface area contributed by atoms with Gasteiger partial charge in [0.2, 0.25) is 5.91 Å². The molecule has 2 aromatic rings. The Kier molecular flexibility index (Phi) is 6.55. The van der Waals surface area contributed by atoms with Gasteiger partial charge in [-0.25, -0.2) is 0 Å². The largest absolute Gasteiger partial charge is 0.444 e. The zero-order chi connectivity index (χ0) is 21.7. The van der Waals surface area contributed by atoms with Gasteiger partial charge in [-0.15, -0.1) is 0 Å². The molecule has 2 heterocycles. The molecule has 3 rings (SSSR count). The molecule has 0 radical (unpaired) electrons. The Labute approximate surface area is 169 Å². The molecule has 9 nitrogen and oxygen atoms in total. The molecule has 162 valence electrons. The van der Waals surface area contributed by atoms with Crippen LogP contribution in [-0.2, 0) is 23.9 Å². The minimum absolute atomic E-state index is 0.0814. The monoisotopic (exact) mass is 427 g/mol. The number of imidazole rings is 1. The van der Waals surface area contributed by atoms with Crippen LogP contribution in [0.25, 0.3) is 0 Å². The van der Waals surface area contributed by atoms with Crippen molar-refractivity contribution in [3.8, 4) is 6.01 Å². The number of alkyl halides is 3. The summed E-state index contributed by atoms with van der Waals surface area (Å²) in [4.78, 5) is 28.0. The van der Waals surface area contributed by atoms with Crippen LogP contribution in [0.1, 0.15) is 11.1 Å². The fourth-order valence-corrected chi connectivity index (χ4v) is 3.04. The number of fused-ring (bicyclic) bond motifs is 1. The van der Waals surface area contributed by atoms with Gasteiger partial charge in [-0.3, -0.25) is 14.3 Å². The molecular weight excluding hydrogens is 407 g/mol. The molecule has 0 saturated carbocycles. The molecule has 0 aliphatic carbocycles. The van der Waals surface area contributed by atoms with Crippen molar-refractivity contribution >= 4 is 11.7 Å². The van der Waals surface area contributed by atoms with E-state index in [1.54, 1.807) is 6.07 Å². The average Bonchev–Trinajstić information content (AvgIpc) is 3.06. The molecular formula is C18H20F3N5O4. The quantitative estimate of drug-likeness (QED) is 0.558. The van der Waals surface area contributed by atoms with Crippen LogP contribution in [0, 0.1) is 10.1 Å². The van der Waals surface area contributed by atoms with Gasteiger partial charge in [0.15, 0.2) is 0 Å². The lowest BCUT2D eigenvalue weighted by Crippen LogP contribution is -2.42. The van der Waals surface area contributed by atoms with Crippen molar-refractivity contribution in [1.82, 2.24) is 19.8 Å². The fourth-order valence-electron chi connectivity index (χ4n) is 3.04. The van der Waals surface area contributed by atoms with Crippen LogP contribution in [0.2, 0.25) is 0 Å². The van der Waals surface area contributed by atoms with Crippen molar-refractivity contribution in [2.45, 2.75) is 19.1 Å². The van der Waals surface area contributed by atoms with Crippen LogP contribution < -0.4 is 10.1 Å². The summed E-state index contributed by atoms with van der Waals surface area (Å²) in [5.41, 5.74) is -0.231. The van der Waals surface area contributed by atoms with E-state index in [2.05, 4.69) is 10.3 Å². The first-order chi connectivity index (χ1) is 14.2. The highest BCUT2D eigenvalue weighted by Gasteiger charge is 2.30. The van der Waals surface area contributed by atoms with Gasteiger partial charge in [-0.05, 0) is 23.0 Å². The third-order valence-electron chi connectivity index (χ3n) is 4.57. The van der Waals surface area contributed by atoms with Crippen LogP contribution in [0.3, 0.4) is 0 Å². The Morgan fingerprint density at radius 2 is 2.10 bits per heavy atom. The van der Waals surface area contributed by atoms with Gasteiger partial charge in [0.25, 0.3) is 0 Å². The van der Waals surface area contributed by atoms with Crippen molar-refractivity contribution in [2.75, 3.05) is 32.8 Å². The molecule has 30 heavy (non-hydrogen) atoms. The van der Waals surface area contributed by atoms with Gasteiger partial charge in [-0.2, -0.15) is 13.2 Å². The number of carbonyl (C=O) groups excluding carboxylic acids is 1. The van der Waals surface area contributed by atoms with E-state index in [9.17, 15) is 28.1 Å². The molecule has 0 spiro atoms. The number of halogens is 3. The summed E-state index contributed by atoms with van der Waals surface area (Å²) in [5.74, 6) is -0.565. The molecule has 0 atom stereocenters. The number of hydrogen-bond acceptors (Lipinski definition) is 6. The third kappa shape index (κ3) is 5.69. The predicted molar refractivity (Wildman–Crippen MR) is 99.0 cm³/mol. The Balaban J connectivity index is 1.46. The summed E-state index contributed by atoms with van der Waals surface area (Å²) < 4.78 is 45.2. The summed E-state index contributed by atoms with van der Waals surface area (Å²) in [6.07, 6.45) is -2.84. The van der Waals surface area contributed by atoms with Crippen LogP contribution in [0.4, 0.5) is 19.0 Å². The van der Waals surface area contributed by atoms with Crippen molar-refractivity contribution < 1.29 is 27.6 Å². The standard InChI is InChI=1S/C18H20F3N5O4/c19-18(20,21)14-3-1-2-13(10-14)4-5-22-16(27)12-24-6-7-25-11-15(26(28)29)23-17(25)30-9-8-24/h1-3,10-11H,4-9,12H2,(H,22,27). The number of amides is 1. The highest BCUT2D eigenvalue weighted by Crippen LogP contribution is 2.29. The molecule has 0 bridgehead atoms. The fraction of sp³-hybridized carbons (Fsp3) is 0.444. The van der Waals surface area contributed by atoms with Crippen molar-refractivity contribution in [3.63, 3.8) is 0 Å². The molecule has 0 unspecified atom stereocenters. The van der Waals surface area contributed by atoms with Gasteiger partial charge in [0, 0.05) is 31.2 Å². The number of rotatable bonds is 6. The zero-order valence-corrected chi connectivity index (χ0v) is 15.9. The maximum absolute atomic E-state index is 12.7. The van der Waals surface area contributed by atoms with Crippen molar-refractivity contribution in [1.29, 1.82) is 0 Å². The first kappa shape index (κ1) is 21.6. The van der Waals surface area contributed by atoms with E-state index in [1.165, 1.54) is 16.8 Å². The van der Waals surface area contributed by atoms with Gasteiger partial charge in [0.1, 0.15) is 12.8 Å². The van der Waals surface area contributed by atoms with Gasteiger partial charge < -0.3 is 20.2 Å². The number of hydrogen-bond donors (Lipinski definition) is 1. The van der Waals surface area contributed by atoms with Gasteiger partial charge >= 0.3 is 18.0 Å². The Morgan fingerprint density at radius 3 is 2.83 bits per heavy atom. The number of carbonyl (C=O) groups is 1. The first-order valence-electron chi connectivity index (χ1n) is 9.22. The number of nitrogens with one attached hydrogen (secondary N) is 1.